The van der Waals surface area contributed by atoms with Crippen molar-refractivity contribution in [3.63, 3.8) is 0 Å². The van der Waals surface area contributed by atoms with Gasteiger partial charge in [0, 0.05) is 24.7 Å². The summed E-state index contributed by atoms with van der Waals surface area (Å²) in [4.78, 5) is 41.4. The first-order valence-electron chi connectivity index (χ1n) is 9.98. The van der Waals surface area contributed by atoms with Crippen LogP contribution in [0.25, 0.3) is 0 Å². The molecule has 29 heavy (non-hydrogen) atoms. The molecule has 1 saturated heterocycles. The number of para-hydroxylation sites is 2. The first-order valence-corrected chi connectivity index (χ1v) is 9.98. The van der Waals surface area contributed by atoms with E-state index in [1.54, 1.807) is 41.0 Å². The fraction of sp³-hybridized carbons (Fsp3) is 0.348. The average molecular weight is 392 g/mol. The molecule has 2 aromatic rings. The molecule has 0 bridgehead atoms. The zero-order valence-corrected chi connectivity index (χ0v) is 16.6. The van der Waals surface area contributed by atoms with Crippen LogP contribution < -0.4 is 9.80 Å². The monoisotopic (exact) mass is 392 g/mol. The minimum Gasteiger partial charge on any atom is -0.449 e. The molecule has 6 nitrogen and oxygen atoms in total. The summed E-state index contributed by atoms with van der Waals surface area (Å²) in [7, 11) is 0. The summed E-state index contributed by atoms with van der Waals surface area (Å²) in [5, 5.41) is 0. The number of fused-ring (bicyclic) bond motifs is 1. The maximum Gasteiger partial charge on any atom is 0.341 e. The maximum atomic E-state index is 13.1. The van der Waals surface area contributed by atoms with Crippen molar-refractivity contribution in [2.24, 2.45) is 0 Å². The Hall–Kier alpha value is -3.15. The van der Waals surface area contributed by atoms with Crippen LogP contribution in [-0.4, -0.2) is 36.5 Å². The average Bonchev–Trinajstić information content (AvgIpc) is 3.29. The maximum absolute atomic E-state index is 13.1. The smallest absolute Gasteiger partial charge is 0.341 e. The van der Waals surface area contributed by atoms with E-state index in [9.17, 15) is 14.4 Å². The topological polar surface area (TPSA) is 66.9 Å². The van der Waals surface area contributed by atoms with Crippen LogP contribution in [0.2, 0.25) is 0 Å². The molecule has 2 aliphatic heterocycles. The number of amides is 2. The lowest BCUT2D eigenvalue weighted by Gasteiger charge is -2.26. The summed E-state index contributed by atoms with van der Waals surface area (Å²) >= 11 is 0. The molecular formula is C23H24N2O4. The number of ether oxygens (including phenoxy) is 1. The number of hydrogen-bond acceptors (Lipinski definition) is 4. The number of carbonyl (C=O) groups is 3. The van der Waals surface area contributed by atoms with Crippen molar-refractivity contribution in [3.8, 4) is 0 Å². The Morgan fingerprint density at radius 2 is 1.76 bits per heavy atom. The standard InChI is InChI=1S/C23H24N2O4/c1-15-14-17-8-3-5-10-19(17)25(15)22(27)16(2)29-23(28)18-9-4-6-11-20(18)24-13-7-12-21(24)26/h3-6,8-11,15-16H,7,12-14H2,1-2H3/t15-,16-/m0/s1. The Bertz CT molecular complexity index is 971. The number of nitrogens with zero attached hydrogens (tertiary/aromatic N) is 2. The third kappa shape index (κ3) is 3.50. The number of anilines is 2. The molecule has 2 heterocycles. The van der Waals surface area contributed by atoms with Gasteiger partial charge in [-0.2, -0.15) is 0 Å². The quantitative estimate of drug-likeness (QED) is 0.749. The van der Waals surface area contributed by atoms with Crippen molar-refractivity contribution in [3.05, 3.63) is 59.7 Å². The summed E-state index contributed by atoms with van der Waals surface area (Å²) in [5.41, 5.74) is 2.83. The number of esters is 1. The highest BCUT2D eigenvalue weighted by molar-refractivity contribution is 6.05. The summed E-state index contributed by atoms with van der Waals surface area (Å²) in [6.45, 7) is 4.16. The Kier molecular flexibility index (Phi) is 5.09. The van der Waals surface area contributed by atoms with Crippen molar-refractivity contribution in [2.75, 3.05) is 16.3 Å². The summed E-state index contributed by atoms with van der Waals surface area (Å²) < 4.78 is 5.54. The van der Waals surface area contributed by atoms with E-state index in [1.165, 1.54) is 0 Å². The lowest BCUT2D eigenvalue weighted by molar-refractivity contribution is -0.126. The summed E-state index contributed by atoms with van der Waals surface area (Å²) in [6.07, 6.45) is 1.09. The first kappa shape index (κ1) is 19.2. The molecule has 0 N–H and O–H groups in total. The zero-order chi connectivity index (χ0) is 20.5. The SMILES string of the molecule is C[C@H](OC(=O)c1ccccc1N1CCCC1=O)C(=O)N1c2ccccc2C[C@@H]1C. The lowest BCUT2D eigenvalue weighted by Crippen LogP contribution is -2.43. The van der Waals surface area contributed by atoms with Crippen LogP contribution in [0.3, 0.4) is 0 Å². The summed E-state index contributed by atoms with van der Waals surface area (Å²) in [5.74, 6) is -0.844. The van der Waals surface area contributed by atoms with Crippen LogP contribution in [0.15, 0.2) is 48.5 Å². The van der Waals surface area contributed by atoms with Gasteiger partial charge in [0.15, 0.2) is 6.10 Å². The van der Waals surface area contributed by atoms with Gasteiger partial charge < -0.3 is 14.5 Å². The molecule has 0 spiro atoms. The van der Waals surface area contributed by atoms with Gasteiger partial charge in [-0.25, -0.2) is 4.79 Å². The third-order valence-electron chi connectivity index (χ3n) is 5.56. The second kappa shape index (κ2) is 7.70. The Morgan fingerprint density at radius 3 is 2.48 bits per heavy atom. The van der Waals surface area contributed by atoms with Crippen LogP contribution in [0.4, 0.5) is 11.4 Å². The van der Waals surface area contributed by atoms with Crippen LogP contribution in [0.1, 0.15) is 42.6 Å². The van der Waals surface area contributed by atoms with Crippen molar-refractivity contribution in [1.29, 1.82) is 0 Å². The van der Waals surface area contributed by atoms with E-state index < -0.39 is 12.1 Å². The van der Waals surface area contributed by atoms with Crippen molar-refractivity contribution in [2.45, 2.75) is 45.3 Å². The van der Waals surface area contributed by atoms with Gasteiger partial charge in [0.1, 0.15) is 0 Å². The summed E-state index contributed by atoms with van der Waals surface area (Å²) in [6, 6.07) is 14.7. The molecular weight excluding hydrogens is 368 g/mol. The van der Waals surface area contributed by atoms with Gasteiger partial charge in [0.25, 0.3) is 5.91 Å². The normalized spacial score (nSPS) is 19.2. The molecule has 2 amide bonds. The number of rotatable bonds is 4. The van der Waals surface area contributed by atoms with Gasteiger partial charge >= 0.3 is 5.97 Å². The van der Waals surface area contributed by atoms with E-state index in [2.05, 4.69) is 0 Å². The zero-order valence-electron chi connectivity index (χ0n) is 16.6. The van der Waals surface area contributed by atoms with Gasteiger partial charge in [-0.3, -0.25) is 9.59 Å². The van der Waals surface area contributed by atoms with E-state index >= 15 is 0 Å². The van der Waals surface area contributed by atoms with Crippen LogP contribution in [-0.2, 0) is 20.7 Å². The number of benzene rings is 2. The van der Waals surface area contributed by atoms with Crippen LogP contribution in [0.5, 0.6) is 0 Å². The highest BCUT2D eigenvalue weighted by Gasteiger charge is 2.35. The molecule has 2 aliphatic rings. The van der Waals surface area contributed by atoms with Crippen molar-refractivity contribution < 1.29 is 19.1 Å². The van der Waals surface area contributed by atoms with E-state index in [-0.39, 0.29) is 17.9 Å². The number of carbonyl (C=O) groups excluding carboxylic acids is 3. The van der Waals surface area contributed by atoms with Crippen molar-refractivity contribution in [1.82, 2.24) is 0 Å². The molecule has 150 valence electrons. The fourth-order valence-electron chi connectivity index (χ4n) is 4.16. The van der Waals surface area contributed by atoms with Crippen LogP contribution in [0, 0.1) is 0 Å². The first-order chi connectivity index (χ1) is 14.0. The van der Waals surface area contributed by atoms with Gasteiger partial charge in [0.05, 0.1) is 11.3 Å². The Balaban J connectivity index is 1.52. The molecule has 2 atom stereocenters. The molecule has 0 aromatic heterocycles. The lowest BCUT2D eigenvalue weighted by atomic mass is 10.1. The van der Waals surface area contributed by atoms with Gasteiger partial charge in [-0.15, -0.1) is 0 Å². The Morgan fingerprint density at radius 1 is 1.07 bits per heavy atom. The van der Waals surface area contributed by atoms with Gasteiger partial charge in [-0.1, -0.05) is 30.3 Å². The van der Waals surface area contributed by atoms with Gasteiger partial charge in [-0.05, 0) is 50.5 Å². The molecule has 0 radical (unpaired) electrons. The number of hydrogen-bond donors (Lipinski definition) is 0. The minimum atomic E-state index is -0.932. The third-order valence-corrected chi connectivity index (χ3v) is 5.56. The highest BCUT2D eigenvalue weighted by Crippen LogP contribution is 2.33. The molecule has 6 heteroatoms. The van der Waals surface area contributed by atoms with Crippen molar-refractivity contribution >= 4 is 29.2 Å². The predicted molar refractivity (Wildman–Crippen MR) is 110 cm³/mol. The van der Waals surface area contributed by atoms with E-state index in [4.69, 9.17) is 4.74 Å². The largest absolute Gasteiger partial charge is 0.449 e. The molecule has 0 unspecified atom stereocenters. The molecule has 1 fully saturated rings. The second-order valence-corrected chi connectivity index (χ2v) is 7.60. The molecule has 4 rings (SSSR count). The van der Waals surface area contributed by atoms with E-state index in [1.807, 2.05) is 31.2 Å². The molecule has 2 aromatic carbocycles. The second-order valence-electron chi connectivity index (χ2n) is 7.60. The van der Waals surface area contributed by atoms with E-state index in [0.29, 0.717) is 24.2 Å². The molecule has 0 aliphatic carbocycles. The van der Waals surface area contributed by atoms with Gasteiger partial charge in [0.2, 0.25) is 5.91 Å². The fourth-order valence-corrected chi connectivity index (χ4v) is 4.16. The molecule has 0 saturated carbocycles. The van der Waals surface area contributed by atoms with Crippen LogP contribution >= 0.6 is 0 Å². The Labute approximate surface area is 170 Å². The van der Waals surface area contributed by atoms with E-state index in [0.717, 1.165) is 24.1 Å². The minimum absolute atomic E-state index is 0.00290. The highest BCUT2D eigenvalue weighted by atomic mass is 16.5. The predicted octanol–water partition coefficient (Wildman–Crippen LogP) is 3.34.